The molecule has 10 heteroatoms. The quantitative estimate of drug-likeness (QED) is 0.623. The predicted octanol–water partition coefficient (Wildman–Crippen LogP) is 3.41. The Labute approximate surface area is 145 Å². The fourth-order valence-corrected chi connectivity index (χ4v) is 2.80. The number of nitrogens with zero attached hydrogens (tertiary/aromatic N) is 2. The zero-order valence-corrected chi connectivity index (χ0v) is 13.7. The number of hydrogen-bond acceptors (Lipinski definition) is 3. The molecule has 1 aromatic heterocycles. The lowest BCUT2D eigenvalue weighted by molar-refractivity contribution is -0.137. The molecular weight excluding hydrogens is 360 g/mol. The van der Waals surface area contributed by atoms with Crippen LogP contribution in [0.3, 0.4) is 0 Å². The maximum atomic E-state index is 13.3. The summed E-state index contributed by atoms with van der Waals surface area (Å²) in [5.74, 6) is -1.23. The number of aromatic amines is 1. The molecule has 0 atom stereocenters. The molecule has 1 aliphatic rings. The lowest BCUT2D eigenvalue weighted by Crippen LogP contribution is -2.27. The zero-order valence-electron chi connectivity index (χ0n) is 12.9. The molecule has 0 unspecified atom stereocenters. The van der Waals surface area contributed by atoms with Gasteiger partial charge in [-0.1, -0.05) is 0 Å². The van der Waals surface area contributed by atoms with E-state index in [1.807, 2.05) is 4.57 Å². The molecule has 1 aromatic carbocycles. The topological polar surface area (TPSA) is 62.7 Å². The molecule has 1 aliphatic carbocycles. The van der Waals surface area contributed by atoms with Gasteiger partial charge in [0.05, 0.1) is 5.56 Å². The molecule has 1 fully saturated rings. The van der Waals surface area contributed by atoms with Gasteiger partial charge in [-0.25, -0.2) is 4.39 Å². The Kier molecular flexibility index (Phi) is 4.63. The van der Waals surface area contributed by atoms with Gasteiger partial charge in [0.1, 0.15) is 11.6 Å². The number of hydrogen-bond donors (Lipinski definition) is 2. The van der Waals surface area contributed by atoms with Crippen molar-refractivity contribution in [1.29, 1.82) is 0 Å². The smallest absolute Gasteiger partial charge is 0.352 e. The van der Waals surface area contributed by atoms with E-state index >= 15 is 0 Å². The average molecular weight is 374 g/mol. The van der Waals surface area contributed by atoms with Gasteiger partial charge >= 0.3 is 6.18 Å². The highest BCUT2D eigenvalue weighted by molar-refractivity contribution is 7.71. The third kappa shape index (κ3) is 4.06. The first-order valence-electron chi connectivity index (χ1n) is 7.57. The van der Waals surface area contributed by atoms with Crippen LogP contribution in [0.1, 0.15) is 40.6 Å². The summed E-state index contributed by atoms with van der Waals surface area (Å²) >= 11 is 5.14. The van der Waals surface area contributed by atoms with Gasteiger partial charge in [-0.2, -0.15) is 18.3 Å². The molecule has 1 saturated carbocycles. The minimum Gasteiger partial charge on any atom is -0.352 e. The van der Waals surface area contributed by atoms with Crippen LogP contribution >= 0.6 is 12.2 Å². The van der Waals surface area contributed by atoms with E-state index < -0.39 is 23.5 Å². The first-order chi connectivity index (χ1) is 11.8. The highest BCUT2D eigenvalue weighted by Crippen LogP contribution is 2.35. The van der Waals surface area contributed by atoms with Crippen LogP contribution in [0, 0.1) is 10.6 Å². The van der Waals surface area contributed by atoms with E-state index in [0.717, 1.165) is 18.9 Å². The Morgan fingerprint density at radius 1 is 1.36 bits per heavy atom. The fraction of sp³-hybridized carbons (Fsp3) is 0.400. The van der Waals surface area contributed by atoms with Crippen molar-refractivity contribution in [3.05, 3.63) is 45.7 Å². The third-order valence-corrected chi connectivity index (χ3v) is 4.10. The van der Waals surface area contributed by atoms with Crippen LogP contribution in [0.2, 0.25) is 0 Å². The molecule has 1 heterocycles. The Morgan fingerprint density at radius 2 is 2.08 bits per heavy atom. The van der Waals surface area contributed by atoms with E-state index in [4.69, 9.17) is 12.2 Å². The summed E-state index contributed by atoms with van der Waals surface area (Å²) in [7, 11) is 0. The maximum Gasteiger partial charge on any atom is 0.416 e. The molecule has 1 amide bonds. The van der Waals surface area contributed by atoms with Crippen molar-refractivity contribution in [3.8, 4) is 0 Å². The molecule has 25 heavy (non-hydrogen) atoms. The van der Waals surface area contributed by atoms with Crippen LogP contribution in [-0.2, 0) is 12.6 Å². The number of amides is 1. The van der Waals surface area contributed by atoms with E-state index in [1.165, 1.54) is 0 Å². The van der Waals surface area contributed by atoms with E-state index in [2.05, 4.69) is 15.5 Å². The molecule has 0 spiro atoms. The Hall–Kier alpha value is -2.23. The largest absolute Gasteiger partial charge is 0.416 e. The molecule has 3 rings (SSSR count). The number of halogens is 4. The van der Waals surface area contributed by atoms with Crippen molar-refractivity contribution in [3.63, 3.8) is 0 Å². The van der Waals surface area contributed by atoms with Gasteiger partial charge in [0.15, 0.2) is 4.77 Å². The average Bonchev–Trinajstić information content (AvgIpc) is 3.29. The highest BCUT2D eigenvalue weighted by Gasteiger charge is 2.32. The van der Waals surface area contributed by atoms with E-state index in [1.54, 1.807) is 0 Å². The van der Waals surface area contributed by atoms with Gasteiger partial charge in [-0.3, -0.25) is 9.89 Å². The number of carbonyl (C=O) groups is 1. The minimum absolute atomic E-state index is 0.142. The van der Waals surface area contributed by atoms with Gasteiger partial charge in [0.2, 0.25) is 0 Å². The van der Waals surface area contributed by atoms with E-state index in [9.17, 15) is 22.4 Å². The lowest BCUT2D eigenvalue weighted by atomic mass is 10.1. The summed E-state index contributed by atoms with van der Waals surface area (Å²) in [5, 5.41) is 9.26. The Bertz CT molecular complexity index is 854. The number of aromatic nitrogens is 3. The van der Waals surface area contributed by atoms with Crippen LogP contribution in [-0.4, -0.2) is 27.2 Å². The van der Waals surface area contributed by atoms with Crippen molar-refractivity contribution in [2.45, 2.75) is 31.5 Å². The third-order valence-electron chi connectivity index (χ3n) is 3.81. The normalized spacial score (nSPS) is 14.6. The molecule has 2 aromatic rings. The molecule has 134 valence electrons. The molecular formula is C15H14F4N4OS. The monoisotopic (exact) mass is 374 g/mol. The van der Waals surface area contributed by atoms with Crippen LogP contribution in [0.25, 0.3) is 0 Å². The van der Waals surface area contributed by atoms with Crippen molar-refractivity contribution in [2.24, 2.45) is 0 Å². The summed E-state index contributed by atoms with van der Waals surface area (Å²) in [5.41, 5.74) is -1.58. The Balaban J connectivity index is 1.65. The SMILES string of the molecule is O=C(NCCc1n[nH]c(=S)n1C1CC1)c1cc(F)cc(C(F)(F)F)c1. The molecule has 5 nitrogen and oxygen atoms in total. The minimum atomic E-state index is -4.72. The van der Waals surface area contributed by atoms with Gasteiger partial charge in [-0.05, 0) is 43.3 Å². The van der Waals surface area contributed by atoms with Gasteiger partial charge < -0.3 is 9.88 Å². The number of carbonyl (C=O) groups excluding carboxylic acids is 1. The molecule has 0 bridgehead atoms. The summed E-state index contributed by atoms with van der Waals surface area (Å²) in [6, 6.07) is 2.06. The summed E-state index contributed by atoms with van der Waals surface area (Å²) in [6.07, 6.45) is -2.34. The first kappa shape index (κ1) is 17.6. The number of benzene rings is 1. The van der Waals surface area contributed by atoms with E-state index in [0.29, 0.717) is 35.2 Å². The Morgan fingerprint density at radius 3 is 2.72 bits per heavy atom. The van der Waals surface area contributed by atoms with Gasteiger partial charge in [0, 0.05) is 24.6 Å². The second-order valence-corrected chi connectivity index (χ2v) is 6.17. The number of H-pyrrole nitrogens is 1. The second-order valence-electron chi connectivity index (χ2n) is 5.78. The molecule has 0 saturated heterocycles. The fourth-order valence-electron chi connectivity index (χ4n) is 2.50. The zero-order chi connectivity index (χ0) is 18.2. The number of alkyl halides is 3. The van der Waals surface area contributed by atoms with Crippen molar-refractivity contribution in [2.75, 3.05) is 6.54 Å². The predicted molar refractivity (Wildman–Crippen MR) is 83.1 cm³/mol. The first-order valence-corrected chi connectivity index (χ1v) is 7.98. The van der Waals surface area contributed by atoms with E-state index in [-0.39, 0.29) is 12.1 Å². The molecule has 0 radical (unpaired) electrons. The van der Waals surface area contributed by atoms with Gasteiger partial charge in [-0.15, -0.1) is 0 Å². The standard InChI is InChI=1S/C15H14F4N4OS/c16-10-6-8(5-9(7-10)15(17,18)19)13(24)20-4-3-12-21-22-14(25)23(12)11-1-2-11/h5-7,11H,1-4H2,(H,20,24)(H,22,25). The highest BCUT2D eigenvalue weighted by atomic mass is 32.1. The summed E-state index contributed by atoms with van der Waals surface area (Å²) < 4.78 is 53.8. The summed E-state index contributed by atoms with van der Waals surface area (Å²) in [6.45, 7) is 0.142. The summed E-state index contributed by atoms with van der Waals surface area (Å²) in [4.78, 5) is 12.0. The number of nitrogens with one attached hydrogen (secondary N) is 2. The molecule has 2 N–H and O–H groups in total. The van der Waals surface area contributed by atoms with Crippen LogP contribution in [0.5, 0.6) is 0 Å². The maximum absolute atomic E-state index is 13.3. The van der Waals surface area contributed by atoms with Crippen LogP contribution in [0.15, 0.2) is 18.2 Å². The van der Waals surface area contributed by atoms with Gasteiger partial charge in [0.25, 0.3) is 5.91 Å². The van der Waals surface area contributed by atoms with Crippen LogP contribution in [0.4, 0.5) is 17.6 Å². The lowest BCUT2D eigenvalue weighted by Gasteiger charge is -2.10. The van der Waals surface area contributed by atoms with Crippen LogP contribution < -0.4 is 5.32 Å². The van der Waals surface area contributed by atoms with Crippen molar-refractivity contribution < 1.29 is 22.4 Å². The van der Waals surface area contributed by atoms with Crippen molar-refractivity contribution in [1.82, 2.24) is 20.1 Å². The molecule has 0 aliphatic heterocycles. The van der Waals surface area contributed by atoms with Crippen molar-refractivity contribution >= 4 is 18.1 Å². The second kappa shape index (κ2) is 6.58. The number of rotatable bonds is 5.